The van der Waals surface area contributed by atoms with Crippen LogP contribution in [0, 0.1) is 0 Å². The summed E-state index contributed by atoms with van der Waals surface area (Å²) in [6.07, 6.45) is 3.53. The molecule has 0 bridgehead atoms. The highest BCUT2D eigenvalue weighted by molar-refractivity contribution is 6.35. The Balaban J connectivity index is 2.29. The largest absolute Gasteiger partial charge is 0.370 e. The summed E-state index contributed by atoms with van der Waals surface area (Å²) in [5, 5.41) is 4.05. The highest BCUT2D eigenvalue weighted by Crippen LogP contribution is 2.22. The summed E-state index contributed by atoms with van der Waals surface area (Å²) < 4.78 is 0. The number of carbonyl (C=O) groups is 1. The number of hydrogen-bond donors (Lipinski definition) is 2. The molecule has 0 saturated carbocycles. The summed E-state index contributed by atoms with van der Waals surface area (Å²) >= 11 is 11.6. The molecule has 0 saturated heterocycles. The maximum Gasteiger partial charge on any atom is 0.217 e. The van der Waals surface area contributed by atoms with Gasteiger partial charge in [0.2, 0.25) is 5.91 Å². The lowest BCUT2D eigenvalue weighted by molar-refractivity contribution is -0.118. The normalized spacial score (nSPS) is 10.1. The molecule has 0 radical (unpaired) electrons. The SMILES string of the molecule is NC(=O)CCCCNc1ncc(Cl)cc1Cl. The van der Waals surface area contributed by atoms with Gasteiger partial charge in [-0.1, -0.05) is 23.2 Å². The van der Waals surface area contributed by atoms with Crippen LogP contribution in [-0.4, -0.2) is 17.4 Å². The fraction of sp³-hybridized carbons (Fsp3) is 0.400. The van der Waals surface area contributed by atoms with Gasteiger partial charge in [-0.3, -0.25) is 4.79 Å². The Kier molecular flexibility index (Phi) is 5.35. The van der Waals surface area contributed by atoms with Crippen LogP contribution in [0.1, 0.15) is 19.3 Å². The molecule has 1 heterocycles. The van der Waals surface area contributed by atoms with Crippen molar-refractivity contribution in [3.63, 3.8) is 0 Å². The van der Waals surface area contributed by atoms with Gasteiger partial charge in [-0.15, -0.1) is 0 Å². The predicted octanol–water partition coefficient (Wildman–Crippen LogP) is 2.46. The molecule has 88 valence electrons. The van der Waals surface area contributed by atoms with E-state index < -0.39 is 0 Å². The highest BCUT2D eigenvalue weighted by atomic mass is 35.5. The summed E-state index contributed by atoms with van der Waals surface area (Å²) in [5.41, 5.74) is 5.02. The predicted molar refractivity (Wildman–Crippen MR) is 65.8 cm³/mol. The molecule has 1 amide bonds. The zero-order valence-corrected chi connectivity index (χ0v) is 10.2. The Hall–Kier alpha value is -1.000. The second kappa shape index (κ2) is 6.55. The molecule has 3 N–H and O–H groups in total. The number of amides is 1. The Labute approximate surface area is 104 Å². The maximum absolute atomic E-state index is 10.5. The van der Waals surface area contributed by atoms with E-state index in [1.807, 2.05) is 0 Å². The lowest BCUT2D eigenvalue weighted by Crippen LogP contribution is -2.11. The quantitative estimate of drug-likeness (QED) is 0.774. The monoisotopic (exact) mass is 261 g/mol. The molecule has 0 aliphatic rings. The van der Waals surface area contributed by atoms with E-state index in [-0.39, 0.29) is 5.91 Å². The topological polar surface area (TPSA) is 68.0 Å². The van der Waals surface area contributed by atoms with Gasteiger partial charge in [0.1, 0.15) is 5.82 Å². The molecule has 0 aromatic carbocycles. The molecule has 6 heteroatoms. The number of rotatable bonds is 6. The third kappa shape index (κ3) is 4.68. The summed E-state index contributed by atoms with van der Waals surface area (Å²) in [6.45, 7) is 0.696. The van der Waals surface area contributed by atoms with Crippen LogP contribution in [0.15, 0.2) is 12.3 Å². The Bertz CT molecular complexity index is 371. The van der Waals surface area contributed by atoms with Crippen molar-refractivity contribution in [3.05, 3.63) is 22.3 Å². The first kappa shape index (κ1) is 13.1. The number of nitrogens with one attached hydrogen (secondary N) is 1. The van der Waals surface area contributed by atoms with Gasteiger partial charge in [-0.05, 0) is 18.9 Å². The van der Waals surface area contributed by atoms with Crippen LogP contribution in [-0.2, 0) is 4.79 Å². The first-order valence-corrected chi connectivity index (χ1v) is 5.68. The first-order valence-electron chi connectivity index (χ1n) is 4.93. The number of anilines is 1. The number of primary amides is 1. The van der Waals surface area contributed by atoms with E-state index in [2.05, 4.69) is 10.3 Å². The minimum Gasteiger partial charge on any atom is -0.370 e. The van der Waals surface area contributed by atoms with E-state index in [1.54, 1.807) is 6.07 Å². The van der Waals surface area contributed by atoms with Gasteiger partial charge in [0, 0.05) is 19.2 Å². The number of halogens is 2. The number of aromatic nitrogens is 1. The molecule has 0 fully saturated rings. The molecule has 0 aliphatic heterocycles. The zero-order valence-electron chi connectivity index (χ0n) is 8.67. The van der Waals surface area contributed by atoms with Crippen molar-refractivity contribution in [2.24, 2.45) is 5.73 Å². The van der Waals surface area contributed by atoms with E-state index in [0.717, 1.165) is 12.8 Å². The average molecular weight is 262 g/mol. The second-order valence-electron chi connectivity index (χ2n) is 3.33. The molecule has 16 heavy (non-hydrogen) atoms. The summed E-state index contributed by atoms with van der Waals surface area (Å²) in [6, 6.07) is 1.63. The van der Waals surface area contributed by atoms with Gasteiger partial charge in [-0.2, -0.15) is 0 Å². The smallest absolute Gasteiger partial charge is 0.217 e. The van der Waals surface area contributed by atoms with Crippen molar-refractivity contribution in [2.75, 3.05) is 11.9 Å². The van der Waals surface area contributed by atoms with Crippen LogP contribution < -0.4 is 11.1 Å². The van der Waals surface area contributed by atoms with Crippen LogP contribution in [0.3, 0.4) is 0 Å². The Morgan fingerprint density at radius 1 is 1.44 bits per heavy atom. The molecule has 0 aliphatic carbocycles. The Morgan fingerprint density at radius 3 is 2.81 bits per heavy atom. The molecular formula is C10H13Cl2N3O. The van der Waals surface area contributed by atoms with E-state index in [0.29, 0.717) is 28.8 Å². The minimum absolute atomic E-state index is 0.275. The van der Waals surface area contributed by atoms with E-state index in [1.165, 1.54) is 6.20 Å². The van der Waals surface area contributed by atoms with Gasteiger partial charge >= 0.3 is 0 Å². The van der Waals surface area contributed by atoms with Crippen molar-refractivity contribution in [2.45, 2.75) is 19.3 Å². The van der Waals surface area contributed by atoms with Gasteiger partial charge < -0.3 is 11.1 Å². The van der Waals surface area contributed by atoms with Gasteiger partial charge in [0.15, 0.2) is 0 Å². The van der Waals surface area contributed by atoms with Crippen molar-refractivity contribution in [1.29, 1.82) is 0 Å². The molecular weight excluding hydrogens is 249 g/mol. The van der Waals surface area contributed by atoms with Crippen LogP contribution >= 0.6 is 23.2 Å². The molecule has 1 aromatic rings. The lowest BCUT2D eigenvalue weighted by Gasteiger charge is -2.06. The lowest BCUT2D eigenvalue weighted by atomic mass is 10.2. The fourth-order valence-corrected chi connectivity index (χ4v) is 1.62. The van der Waals surface area contributed by atoms with Gasteiger partial charge in [0.25, 0.3) is 0 Å². The van der Waals surface area contributed by atoms with Crippen LogP contribution in [0.4, 0.5) is 5.82 Å². The fourth-order valence-electron chi connectivity index (χ4n) is 1.18. The third-order valence-corrected chi connectivity index (χ3v) is 2.45. The molecule has 0 unspecified atom stereocenters. The molecule has 1 rings (SSSR count). The summed E-state index contributed by atoms with van der Waals surface area (Å²) in [7, 11) is 0. The van der Waals surface area contributed by atoms with Crippen molar-refractivity contribution in [1.82, 2.24) is 4.98 Å². The number of hydrogen-bond acceptors (Lipinski definition) is 3. The van der Waals surface area contributed by atoms with E-state index in [9.17, 15) is 4.79 Å². The highest BCUT2D eigenvalue weighted by Gasteiger charge is 2.01. The third-order valence-electron chi connectivity index (χ3n) is 1.95. The first-order chi connectivity index (χ1) is 7.59. The number of unbranched alkanes of at least 4 members (excludes halogenated alkanes) is 1. The molecule has 0 spiro atoms. The van der Waals surface area contributed by atoms with E-state index in [4.69, 9.17) is 28.9 Å². The van der Waals surface area contributed by atoms with Crippen molar-refractivity contribution < 1.29 is 4.79 Å². The zero-order chi connectivity index (χ0) is 12.0. The van der Waals surface area contributed by atoms with Crippen molar-refractivity contribution in [3.8, 4) is 0 Å². The standard InChI is InChI=1S/C10H13Cl2N3O/c11-7-5-8(12)10(15-6-7)14-4-2-1-3-9(13)16/h5-6H,1-4H2,(H2,13,16)(H,14,15). The number of nitrogens with zero attached hydrogens (tertiary/aromatic N) is 1. The van der Waals surface area contributed by atoms with Crippen molar-refractivity contribution >= 4 is 34.9 Å². The Morgan fingerprint density at radius 2 is 2.19 bits per heavy atom. The second-order valence-corrected chi connectivity index (χ2v) is 4.18. The van der Waals surface area contributed by atoms with E-state index >= 15 is 0 Å². The maximum atomic E-state index is 10.5. The van der Waals surface area contributed by atoms with Gasteiger partial charge in [-0.25, -0.2) is 4.98 Å². The number of pyridine rings is 1. The summed E-state index contributed by atoms with van der Waals surface area (Å²) in [5.74, 6) is 0.327. The average Bonchev–Trinajstić information content (AvgIpc) is 2.20. The molecule has 1 aromatic heterocycles. The van der Waals surface area contributed by atoms with Crippen LogP contribution in [0.5, 0.6) is 0 Å². The molecule has 0 atom stereocenters. The van der Waals surface area contributed by atoms with Crippen LogP contribution in [0.25, 0.3) is 0 Å². The number of carbonyl (C=O) groups excluding carboxylic acids is 1. The minimum atomic E-state index is -0.275. The molecule has 4 nitrogen and oxygen atoms in total. The number of nitrogens with two attached hydrogens (primary N) is 1. The van der Waals surface area contributed by atoms with Crippen LogP contribution in [0.2, 0.25) is 10.0 Å². The summed E-state index contributed by atoms with van der Waals surface area (Å²) in [4.78, 5) is 14.5. The van der Waals surface area contributed by atoms with Gasteiger partial charge in [0.05, 0.1) is 10.0 Å².